The maximum Gasteiger partial charge on any atom is 0.419 e. The number of halogens is 10. The molecule has 0 spiro atoms. The molecule has 0 radical (unpaired) electrons. The van der Waals surface area contributed by atoms with Gasteiger partial charge in [0.2, 0.25) is 0 Å². The molecule has 2 aromatic heterocycles. The Hall–Kier alpha value is -5.78. The van der Waals surface area contributed by atoms with Crippen LogP contribution in [-0.2, 0) is 17.4 Å². The van der Waals surface area contributed by atoms with E-state index < -0.39 is 93.9 Å². The zero-order valence-corrected chi connectivity index (χ0v) is 34.1. The maximum absolute atomic E-state index is 14.3. The van der Waals surface area contributed by atoms with E-state index >= 15 is 0 Å². The zero-order valence-electron chi connectivity index (χ0n) is 33.4. The first-order valence-electron chi connectivity index (χ1n) is 18.9. The molecule has 7 rings (SSSR count). The van der Waals surface area contributed by atoms with Crippen molar-refractivity contribution in [3.8, 4) is 11.5 Å². The van der Waals surface area contributed by atoms with E-state index in [1.54, 1.807) is 0 Å². The van der Waals surface area contributed by atoms with Crippen LogP contribution in [-0.4, -0.2) is 53.1 Å². The molecule has 63 heavy (non-hydrogen) atoms. The Labute approximate surface area is 357 Å². The van der Waals surface area contributed by atoms with Crippen LogP contribution in [0.2, 0.25) is 5.02 Å². The Kier molecular flexibility index (Phi) is 12.2. The average Bonchev–Trinajstić information content (AvgIpc) is 3.17. The summed E-state index contributed by atoms with van der Waals surface area (Å²) in [5, 5.41) is 42.3. The molecule has 0 aliphatic heterocycles. The summed E-state index contributed by atoms with van der Waals surface area (Å²) in [6.45, 7) is 3.07. The molecule has 4 N–H and O–H groups in total. The summed E-state index contributed by atoms with van der Waals surface area (Å²) >= 11 is 6.02. The summed E-state index contributed by atoms with van der Waals surface area (Å²) in [7, 11) is 0. The summed E-state index contributed by atoms with van der Waals surface area (Å²) in [6.07, 6.45) is -7.19. The van der Waals surface area contributed by atoms with Gasteiger partial charge in [0, 0.05) is 63.3 Å². The first kappa shape index (κ1) is 46.7. The van der Waals surface area contributed by atoms with Gasteiger partial charge in [0.1, 0.15) is 29.0 Å². The topological polar surface area (TPSA) is 125 Å². The first-order chi connectivity index (χ1) is 29.1. The van der Waals surface area contributed by atoms with E-state index in [4.69, 9.17) is 11.6 Å². The number of alkyl halides is 6. The summed E-state index contributed by atoms with van der Waals surface area (Å²) < 4.78 is 128. The highest BCUT2D eigenvalue weighted by Gasteiger charge is 2.63. The van der Waals surface area contributed by atoms with Crippen molar-refractivity contribution in [2.45, 2.75) is 80.6 Å². The minimum absolute atomic E-state index is 0.0167. The fourth-order valence-electron chi connectivity index (χ4n) is 8.24. The highest BCUT2D eigenvalue weighted by Crippen LogP contribution is 2.53. The van der Waals surface area contributed by atoms with Crippen LogP contribution in [0.5, 0.6) is 11.5 Å². The van der Waals surface area contributed by atoms with Crippen LogP contribution in [0, 0.1) is 17.5 Å². The van der Waals surface area contributed by atoms with Crippen molar-refractivity contribution >= 4 is 33.4 Å². The van der Waals surface area contributed by atoms with Gasteiger partial charge in [0.15, 0.2) is 22.1 Å². The van der Waals surface area contributed by atoms with E-state index in [2.05, 4.69) is 0 Å². The molecule has 0 fully saturated rings. The summed E-state index contributed by atoms with van der Waals surface area (Å²) in [5.74, 6) is -2.99. The smallest absolute Gasteiger partial charge is 0.419 e. The van der Waals surface area contributed by atoms with Crippen molar-refractivity contribution < 1.29 is 59.9 Å². The first-order valence-corrected chi connectivity index (χ1v) is 19.3. The van der Waals surface area contributed by atoms with E-state index in [1.165, 1.54) is 51.2 Å². The Balaban J connectivity index is 0.000000210. The molecule has 1 aliphatic rings. The fourth-order valence-corrected chi connectivity index (χ4v) is 8.41. The Morgan fingerprint density at radius 2 is 1.33 bits per heavy atom. The van der Waals surface area contributed by atoms with Gasteiger partial charge in [-0.05, 0) is 84.6 Å². The minimum atomic E-state index is -5.11. The number of phenolic OH excluding ortho intramolecular Hbond substituents is 2. The molecular weight excluding hydrogens is 871 g/mol. The molecule has 4 aromatic carbocycles. The number of allylic oxidation sites excluding steroid dienone is 1. The SMILES string of the molecule is CC(C)(CC(O)(Cn1ccc(=O)c2cc(F)ccc21)C(F)(F)F)c1cc(F)ccc1O.CC1(c2cc(F)ccc2O)C=CC(n2ccc(=O)c3ccc(Cl)cc32)C(O)(C(F)(F)F)C1. The third kappa shape index (κ3) is 9.04. The molecule has 4 atom stereocenters. The van der Waals surface area contributed by atoms with E-state index in [0.717, 1.165) is 88.1 Å². The van der Waals surface area contributed by atoms with Crippen LogP contribution < -0.4 is 10.9 Å². The van der Waals surface area contributed by atoms with E-state index in [-0.39, 0.29) is 43.7 Å². The number of hydrogen-bond donors (Lipinski definition) is 4. The van der Waals surface area contributed by atoms with Gasteiger partial charge in [-0.25, -0.2) is 13.2 Å². The molecule has 18 heteroatoms. The molecule has 8 nitrogen and oxygen atoms in total. The van der Waals surface area contributed by atoms with Crippen molar-refractivity contribution in [2.24, 2.45) is 0 Å². The molecular formula is C45H38ClF9N2O6. The number of aliphatic hydroxyl groups is 2. The van der Waals surface area contributed by atoms with Gasteiger partial charge in [-0.1, -0.05) is 44.5 Å². The second-order valence-electron chi connectivity index (χ2n) is 16.5. The van der Waals surface area contributed by atoms with Crippen molar-refractivity contribution in [3.63, 3.8) is 0 Å². The Morgan fingerprint density at radius 3 is 1.98 bits per heavy atom. The lowest BCUT2D eigenvalue weighted by atomic mass is 9.66. The summed E-state index contributed by atoms with van der Waals surface area (Å²) in [5.41, 5.74) is -10.7. The van der Waals surface area contributed by atoms with Crippen molar-refractivity contribution in [1.29, 1.82) is 0 Å². The predicted molar refractivity (Wildman–Crippen MR) is 217 cm³/mol. The molecule has 6 aromatic rings. The van der Waals surface area contributed by atoms with Gasteiger partial charge in [0.25, 0.3) is 0 Å². The van der Waals surface area contributed by atoms with Crippen molar-refractivity contribution in [2.75, 3.05) is 0 Å². The number of rotatable bonds is 7. The number of hydrogen-bond acceptors (Lipinski definition) is 6. The van der Waals surface area contributed by atoms with Crippen LogP contribution in [0.15, 0.2) is 119 Å². The molecule has 2 heterocycles. The lowest BCUT2D eigenvalue weighted by Crippen LogP contribution is -2.56. The number of nitrogens with zero attached hydrogens (tertiary/aromatic N) is 2. The molecule has 0 bridgehead atoms. The molecule has 0 amide bonds. The standard InChI is InChI=1S/C23H18ClF4NO3.C22H20F5NO3/c1-21(16-11-14(25)3-5-19(16)31)8-6-20(22(32,12-21)23(26,27)28)29-9-7-18(30)15-4-2-13(24)10-17(15)29;1-20(2,16-10-14(24)4-6-19(16)30)11-21(31,22(25,26)27)12-28-8-7-18(29)15-9-13(23)3-5-17(15)28/h2-11,20,31-32H,12H2,1H3;3-10,30-31H,11-12H2,1-2H3. The van der Waals surface area contributed by atoms with Gasteiger partial charge in [-0.15, -0.1) is 0 Å². The maximum atomic E-state index is 14.3. The van der Waals surface area contributed by atoms with Gasteiger partial charge < -0.3 is 29.6 Å². The second-order valence-corrected chi connectivity index (χ2v) is 16.9. The van der Waals surface area contributed by atoms with Crippen molar-refractivity contribution in [1.82, 2.24) is 9.13 Å². The van der Waals surface area contributed by atoms with Crippen LogP contribution in [0.25, 0.3) is 21.8 Å². The molecule has 334 valence electrons. The van der Waals surface area contributed by atoms with Crippen LogP contribution >= 0.6 is 11.6 Å². The van der Waals surface area contributed by atoms with Gasteiger partial charge in [0.05, 0.1) is 23.6 Å². The predicted octanol–water partition coefficient (Wildman–Crippen LogP) is 9.90. The number of pyridine rings is 2. The Morgan fingerprint density at radius 1 is 0.746 bits per heavy atom. The fraction of sp³-hybridized carbons (Fsp3) is 0.289. The quantitative estimate of drug-likeness (QED) is 0.0935. The molecule has 1 aliphatic carbocycles. The monoisotopic (exact) mass is 908 g/mol. The summed E-state index contributed by atoms with van der Waals surface area (Å²) in [6, 6.07) is 13.7. The Bertz CT molecular complexity index is 2880. The number of fused-ring (bicyclic) bond motifs is 2. The number of aromatic nitrogens is 2. The van der Waals surface area contributed by atoms with Crippen LogP contribution in [0.1, 0.15) is 50.8 Å². The average molecular weight is 909 g/mol. The van der Waals surface area contributed by atoms with Gasteiger partial charge >= 0.3 is 12.4 Å². The van der Waals surface area contributed by atoms with Crippen LogP contribution in [0.4, 0.5) is 39.5 Å². The lowest BCUT2D eigenvalue weighted by molar-refractivity contribution is -0.278. The summed E-state index contributed by atoms with van der Waals surface area (Å²) in [4.78, 5) is 24.2. The third-order valence-electron chi connectivity index (χ3n) is 11.3. The zero-order chi connectivity index (χ0) is 46.7. The lowest BCUT2D eigenvalue weighted by Gasteiger charge is -2.46. The van der Waals surface area contributed by atoms with E-state index in [0.29, 0.717) is 0 Å². The van der Waals surface area contributed by atoms with E-state index in [9.17, 15) is 69.5 Å². The number of phenols is 2. The van der Waals surface area contributed by atoms with Gasteiger partial charge in [-0.3, -0.25) is 9.59 Å². The second kappa shape index (κ2) is 16.4. The highest BCUT2D eigenvalue weighted by atomic mass is 35.5. The number of aromatic hydroxyl groups is 2. The van der Waals surface area contributed by atoms with E-state index in [1.807, 2.05) is 0 Å². The van der Waals surface area contributed by atoms with Crippen molar-refractivity contribution in [3.05, 3.63) is 164 Å². The van der Waals surface area contributed by atoms with Gasteiger partial charge in [-0.2, -0.15) is 26.3 Å². The molecule has 0 saturated heterocycles. The largest absolute Gasteiger partial charge is 0.508 e. The molecule has 0 saturated carbocycles. The number of benzene rings is 4. The van der Waals surface area contributed by atoms with Crippen LogP contribution in [0.3, 0.4) is 0 Å². The highest BCUT2D eigenvalue weighted by molar-refractivity contribution is 6.31. The third-order valence-corrected chi connectivity index (χ3v) is 11.6. The minimum Gasteiger partial charge on any atom is -0.508 e. The normalized spacial score (nSPS) is 20.3. The molecule has 4 unspecified atom stereocenters.